The van der Waals surface area contributed by atoms with Crippen LogP contribution in [0.4, 0.5) is 0 Å². The molecule has 2 unspecified atom stereocenters. The summed E-state index contributed by atoms with van der Waals surface area (Å²) in [4.78, 5) is 13.8. The van der Waals surface area contributed by atoms with E-state index in [9.17, 15) is 9.90 Å². The van der Waals surface area contributed by atoms with Gasteiger partial charge in [0.2, 0.25) is 0 Å². The van der Waals surface area contributed by atoms with Crippen LogP contribution in [0.3, 0.4) is 0 Å². The zero-order chi connectivity index (χ0) is 15.2. The summed E-state index contributed by atoms with van der Waals surface area (Å²) in [6, 6.07) is 0.178. The van der Waals surface area contributed by atoms with Crippen LogP contribution in [0, 0.1) is 0 Å². The van der Waals surface area contributed by atoms with E-state index in [1.54, 1.807) is 14.0 Å². The topological polar surface area (TPSA) is 61.8 Å². The van der Waals surface area contributed by atoms with Crippen LogP contribution >= 0.6 is 0 Å². The third-order valence-corrected chi connectivity index (χ3v) is 4.04. The molecule has 1 aliphatic heterocycles. The summed E-state index contributed by atoms with van der Waals surface area (Å²) in [6.07, 6.45) is 4.12. The van der Waals surface area contributed by atoms with Gasteiger partial charge in [-0.05, 0) is 53.0 Å². The van der Waals surface area contributed by atoms with Gasteiger partial charge >= 0.3 is 5.97 Å². The molecule has 2 atom stereocenters. The zero-order valence-electron chi connectivity index (χ0n) is 13.3. The molecule has 0 aromatic carbocycles. The van der Waals surface area contributed by atoms with Crippen LogP contribution < -0.4 is 5.32 Å². The minimum atomic E-state index is -0.811. The highest BCUT2D eigenvalue weighted by atomic mass is 16.5. The van der Waals surface area contributed by atoms with E-state index in [1.807, 2.05) is 13.8 Å². The number of aliphatic carboxylic acids is 1. The van der Waals surface area contributed by atoms with Crippen LogP contribution in [0.5, 0.6) is 0 Å². The number of hydrogen-bond acceptors (Lipinski definition) is 4. The number of methoxy groups -OCH3 is 1. The number of carboxylic acids is 1. The predicted octanol–water partition coefficient (Wildman–Crippen LogP) is 1.72. The van der Waals surface area contributed by atoms with Gasteiger partial charge in [0.05, 0.1) is 6.10 Å². The first-order chi connectivity index (χ1) is 9.37. The lowest BCUT2D eigenvalue weighted by molar-refractivity contribution is -0.144. The van der Waals surface area contributed by atoms with Crippen LogP contribution in [-0.4, -0.2) is 60.4 Å². The first kappa shape index (κ1) is 17.4. The van der Waals surface area contributed by atoms with Gasteiger partial charge in [0, 0.05) is 26.2 Å². The normalized spacial score (nSPS) is 23.1. The van der Waals surface area contributed by atoms with Gasteiger partial charge in [-0.1, -0.05) is 0 Å². The SMILES string of the molecule is COC1CCN(CCCCC(C)(NC(C)C)C(=O)O)C1. The van der Waals surface area contributed by atoms with Gasteiger partial charge in [-0.3, -0.25) is 10.1 Å². The van der Waals surface area contributed by atoms with E-state index < -0.39 is 11.5 Å². The first-order valence-electron chi connectivity index (χ1n) is 7.63. The fourth-order valence-electron chi connectivity index (χ4n) is 2.88. The van der Waals surface area contributed by atoms with Crippen molar-refractivity contribution in [1.82, 2.24) is 10.2 Å². The number of nitrogens with one attached hydrogen (secondary N) is 1. The van der Waals surface area contributed by atoms with Gasteiger partial charge in [0.1, 0.15) is 5.54 Å². The maximum absolute atomic E-state index is 11.4. The average Bonchev–Trinajstić information content (AvgIpc) is 2.81. The Hall–Kier alpha value is -0.650. The predicted molar refractivity (Wildman–Crippen MR) is 80.0 cm³/mol. The van der Waals surface area contributed by atoms with Crippen molar-refractivity contribution in [2.45, 2.75) is 64.1 Å². The molecule has 0 aliphatic carbocycles. The molecular weight excluding hydrogens is 256 g/mol. The molecule has 0 saturated carbocycles. The van der Waals surface area contributed by atoms with Crippen molar-refractivity contribution in [2.75, 3.05) is 26.7 Å². The first-order valence-corrected chi connectivity index (χ1v) is 7.63. The Balaban J connectivity index is 2.26. The second-order valence-corrected chi connectivity index (χ2v) is 6.34. The number of carbonyl (C=O) groups is 1. The fourth-order valence-corrected chi connectivity index (χ4v) is 2.88. The number of unbranched alkanes of at least 4 members (excludes halogenated alkanes) is 1. The Kier molecular flexibility index (Phi) is 6.92. The number of carboxylic acid groups (broad SMARTS) is 1. The quantitative estimate of drug-likeness (QED) is 0.632. The number of nitrogens with zero attached hydrogens (tertiary/aromatic N) is 1. The van der Waals surface area contributed by atoms with E-state index in [-0.39, 0.29) is 6.04 Å². The second kappa shape index (κ2) is 7.96. The molecule has 1 heterocycles. The minimum Gasteiger partial charge on any atom is -0.480 e. The molecule has 0 aromatic rings. The number of ether oxygens (including phenoxy) is 1. The third kappa shape index (κ3) is 5.38. The highest BCUT2D eigenvalue weighted by molar-refractivity contribution is 5.78. The summed E-state index contributed by atoms with van der Waals surface area (Å²) in [6.45, 7) is 8.89. The lowest BCUT2D eigenvalue weighted by Gasteiger charge is -2.29. The van der Waals surface area contributed by atoms with Crippen molar-refractivity contribution in [3.05, 3.63) is 0 Å². The molecule has 1 aliphatic rings. The Morgan fingerprint density at radius 3 is 2.70 bits per heavy atom. The maximum atomic E-state index is 11.4. The van der Waals surface area contributed by atoms with Crippen molar-refractivity contribution in [3.8, 4) is 0 Å². The number of hydrogen-bond donors (Lipinski definition) is 2. The lowest BCUT2D eigenvalue weighted by Crippen LogP contribution is -2.52. The largest absolute Gasteiger partial charge is 0.480 e. The van der Waals surface area contributed by atoms with Crippen molar-refractivity contribution in [1.29, 1.82) is 0 Å². The fraction of sp³-hybridized carbons (Fsp3) is 0.933. The van der Waals surface area contributed by atoms with Crippen molar-refractivity contribution in [2.24, 2.45) is 0 Å². The lowest BCUT2D eigenvalue weighted by atomic mass is 9.94. The van der Waals surface area contributed by atoms with Gasteiger partial charge in [0.15, 0.2) is 0 Å². The van der Waals surface area contributed by atoms with Crippen molar-refractivity contribution in [3.63, 3.8) is 0 Å². The van der Waals surface area contributed by atoms with Crippen molar-refractivity contribution < 1.29 is 14.6 Å². The molecule has 5 nitrogen and oxygen atoms in total. The minimum absolute atomic E-state index is 0.178. The van der Waals surface area contributed by atoms with E-state index in [2.05, 4.69) is 10.2 Å². The summed E-state index contributed by atoms with van der Waals surface area (Å²) in [5, 5.41) is 12.5. The summed E-state index contributed by atoms with van der Waals surface area (Å²) in [5.41, 5.74) is -0.811. The maximum Gasteiger partial charge on any atom is 0.323 e. The Bertz CT molecular complexity index is 309. The molecule has 1 saturated heterocycles. The van der Waals surface area contributed by atoms with E-state index in [4.69, 9.17) is 4.74 Å². The summed E-state index contributed by atoms with van der Waals surface area (Å²) in [7, 11) is 1.77. The van der Waals surface area contributed by atoms with Crippen LogP contribution in [-0.2, 0) is 9.53 Å². The molecule has 5 heteroatoms. The van der Waals surface area contributed by atoms with Crippen LogP contribution in [0.25, 0.3) is 0 Å². The number of rotatable bonds is 9. The Labute approximate surface area is 122 Å². The Morgan fingerprint density at radius 1 is 1.50 bits per heavy atom. The van der Waals surface area contributed by atoms with Crippen molar-refractivity contribution >= 4 is 5.97 Å². The van der Waals surface area contributed by atoms with Gasteiger partial charge in [-0.2, -0.15) is 0 Å². The van der Waals surface area contributed by atoms with E-state index in [1.165, 1.54) is 0 Å². The van der Waals surface area contributed by atoms with Crippen LogP contribution in [0.15, 0.2) is 0 Å². The molecule has 1 fully saturated rings. The summed E-state index contributed by atoms with van der Waals surface area (Å²) in [5.74, 6) is -0.758. The highest BCUT2D eigenvalue weighted by Gasteiger charge is 2.32. The molecule has 0 amide bonds. The number of likely N-dealkylation sites (tertiary alicyclic amines) is 1. The van der Waals surface area contributed by atoms with E-state index in [0.29, 0.717) is 12.5 Å². The van der Waals surface area contributed by atoms with Gasteiger partial charge in [-0.15, -0.1) is 0 Å². The van der Waals surface area contributed by atoms with Crippen LogP contribution in [0.2, 0.25) is 0 Å². The van der Waals surface area contributed by atoms with E-state index in [0.717, 1.165) is 38.9 Å². The molecule has 0 spiro atoms. The molecule has 20 heavy (non-hydrogen) atoms. The van der Waals surface area contributed by atoms with Crippen LogP contribution in [0.1, 0.15) is 46.5 Å². The molecule has 0 aromatic heterocycles. The third-order valence-electron chi connectivity index (χ3n) is 4.04. The average molecular weight is 286 g/mol. The molecule has 118 valence electrons. The summed E-state index contributed by atoms with van der Waals surface area (Å²) >= 11 is 0. The van der Waals surface area contributed by atoms with E-state index >= 15 is 0 Å². The standard InChI is InChI=1S/C15H30N2O3/c1-12(2)16-15(3,14(18)19)8-5-6-9-17-10-7-13(11-17)20-4/h12-13,16H,5-11H2,1-4H3,(H,18,19). The smallest absolute Gasteiger partial charge is 0.323 e. The molecule has 2 N–H and O–H groups in total. The van der Waals surface area contributed by atoms with Gasteiger partial charge in [-0.25, -0.2) is 0 Å². The van der Waals surface area contributed by atoms with Gasteiger partial charge in [0.25, 0.3) is 0 Å². The zero-order valence-corrected chi connectivity index (χ0v) is 13.3. The highest BCUT2D eigenvalue weighted by Crippen LogP contribution is 2.17. The molecule has 0 bridgehead atoms. The molecular formula is C15H30N2O3. The summed E-state index contributed by atoms with van der Waals surface area (Å²) < 4.78 is 5.35. The molecule has 0 radical (unpaired) electrons. The monoisotopic (exact) mass is 286 g/mol. The Morgan fingerprint density at radius 2 is 2.20 bits per heavy atom. The second-order valence-electron chi connectivity index (χ2n) is 6.34. The van der Waals surface area contributed by atoms with Gasteiger partial charge < -0.3 is 14.7 Å². The molecule has 1 rings (SSSR count).